The number of amides is 1. The molecule has 1 aromatic carbocycles. The molecule has 1 aromatic heterocycles. The molecule has 2 N–H and O–H groups in total. The van der Waals surface area contributed by atoms with Crippen LogP contribution in [0.25, 0.3) is 10.9 Å². The molecular formula is C19H24ClN5O2. The van der Waals surface area contributed by atoms with Gasteiger partial charge in [-0.1, -0.05) is 11.6 Å². The van der Waals surface area contributed by atoms with Crippen LogP contribution in [-0.4, -0.2) is 63.9 Å². The summed E-state index contributed by atoms with van der Waals surface area (Å²) in [5, 5.41) is 4.11. The molecule has 1 saturated carbocycles. The third-order valence-corrected chi connectivity index (χ3v) is 5.58. The molecule has 0 bridgehead atoms. The van der Waals surface area contributed by atoms with Crippen molar-refractivity contribution < 1.29 is 4.79 Å². The lowest BCUT2D eigenvalue weighted by Crippen LogP contribution is -2.54. The van der Waals surface area contributed by atoms with Crippen molar-refractivity contribution in [2.45, 2.75) is 38.4 Å². The van der Waals surface area contributed by atoms with E-state index >= 15 is 0 Å². The number of piperazine rings is 1. The number of fused-ring (bicyclic) bond motifs is 1. The molecule has 2 fully saturated rings. The van der Waals surface area contributed by atoms with E-state index in [1.54, 1.807) is 18.2 Å². The normalized spacial score (nSPS) is 19.9. The van der Waals surface area contributed by atoms with E-state index in [0.29, 0.717) is 34.3 Å². The first-order chi connectivity index (χ1) is 13.0. The molecule has 2 aromatic rings. The Kier molecular flexibility index (Phi) is 5.16. The van der Waals surface area contributed by atoms with Crippen molar-refractivity contribution in [2.24, 2.45) is 0 Å². The van der Waals surface area contributed by atoms with Crippen LogP contribution in [0.4, 0.5) is 0 Å². The fourth-order valence-corrected chi connectivity index (χ4v) is 3.64. The van der Waals surface area contributed by atoms with Crippen LogP contribution in [0, 0.1) is 0 Å². The average molecular weight is 390 g/mol. The second-order valence-electron chi connectivity index (χ2n) is 7.45. The SMILES string of the molecule is CC(C(=O)NC1CC1)N1CCN(Cc2nc3ccc(Cl)cc3c(=O)[nH]2)CC1. The molecule has 0 spiro atoms. The van der Waals surface area contributed by atoms with Crippen LogP contribution in [-0.2, 0) is 11.3 Å². The quantitative estimate of drug-likeness (QED) is 0.807. The molecule has 144 valence electrons. The van der Waals surface area contributed by atoms with E-state index in [1.165, 1.54) is 0 Å². The van der Waals surface area contributed by atoms with Gasteiger partial charge in [0.15, 0.2) is 0 Å². The topological polar surface area (TPSA) is 81.3 Å². The molecule has 1 aliphatic heterocycles. The zero-order valence-electron chi connectivity index (χ0n) is 15.4. The predicted molar refractivity (Wildman–Crippen MR) is 105 cm³/mol. The molecule has 8 heteroatoms. The van der Waals surface area contributed by atoms with E-state index in [4.69, 9.17) is 11.6 Å². The highest BCUT2D eigenvalue weighted by molar-refractivity contribution is 6.31. The number of nitrogens with zero attached hydrogens (tertiary/aromatic N) is 3. The first kappa shape index (κ1) is 18.4. The second-order valence-corrected chi connectivity index (χ2v) is 7.88. The van der Waals surface area contributed by atoms with Crippen molar-refractivity contribution in [3.8, 4) is 0 Å². The molecule has 27 heavy (non-hydrogen) atoms. The first-order valence-electron chi connectivity index (χ1n) is 9.45. The van der Waals surface area contributed by atoms with Gasteiger partial charge in [-0.3, -0.25) is 19.4 Å². The Bertz CT molecular complexity index is 903. The van der Waals surface area contributed by atoms with E-state index in [1.807, 2.05) is 6.92 Å². The maximum absolute atomic E-state index is 12.3. The van der Waals surface area contributed by atoms with Gasteiger partial charge in [0.25, 0.3) is 5.56 Å². The minimum absolute atomic E-state index is 0.101. The number of aromatic nitrogens is 2. The van der Waals surface area contributed by atoms with Crippen molar-refractivity contribution in [1.29, 1.82) is 0 Å². The standard InChI is InChI=1S/C19H24ClN5O2/c1-12(18(26)21-14-3-4-14)25-8-6-24(7-9-25)11-17-22-16-5-2-13(20)10-15(16)19(27)23-17/h2,5,10,12,14H,3-4,6-9,11H2,1H3,(H,21,26)(H,22,23,27). The highest BCUT2D eigenvalue weighted by atomic mass is 35.5. The summed E-state index contributed by atoms with van der Waals surface area (Å²) in [6.45, 7) is 5.89. The Morgan fingerprint density at radius 2 is 2.07 bits per heavy atom. The smallest absolute Gasteiger partial charge is 0.258 e. The summed E-state index contributed by atoms with van der Waals surface area (Å²) >= 11 is 5.96. The van der Waals surface area contributed by atoms with Gasteiger partial charge in [0.1, 0.15) is 5.82 Å². The van der Waals surface area contributed by atoms with Gasteiger partial charge in [-0.15, -0.1) is 0 Å². The third-order valence-electron chi connectivity index (χ3n) is 5.35. The monoisotopic (exact) mass is 389 g/mol. The molecule has 1 aliphatic carbocycles. The molecular weight excluding hydrogens is 366 g/mol. The van der Waals surface area contributed by atoms with Gasteiger partial charge in [0, 0.05) is 37.2 Å². The Labute approximate surface area is 162 Å². The summed E-state index contributed by atoms with van der Waals surface area (Å²) in [5.74, 6) is 0.785. The Morgan fingerprint density at radius 3 is 2.78 bits per heavy atom. The second kappa shape index (κ2) is 7.58. The van der Waals surface area contributed by atoms with Crippen LogP contribution in [0.1, 0.15) is 25.6 Å². The lowest BCUT2D eigenvalue weighted by molar-refractivity contribution is -0.126. The molecule has 1 unspecified atom stereocenters. The fourth-order valence-electron chi connectivity index (χ4n) is 3.47. The third kappa shape index (κ3) is 4.31. The molecule has 2 heterocycles. The van der Waals surface area contributed by atoms with Gasteiger partial charge in [-0.25, -0.2) is 4.98 Å². The summed E-state index contributed by atoms with van der Waals surface area (Å²) in [6, 6.07) is 5.45. The van der Waals surface area contributed by atoms with Crippen LogP contribution in [0.3, 0.4) is 0 Å². The molecule has 1 amide bonds. The van der Waals surface area contributed by atoms with Crippen LogP contribution in [0.5, 0.6) is 0 Å². The molecule has 0 radical (unpaired) electrons. The zero-order valence-corrected chi connectivity index (χ0v) is 16.1. The maximum Gasteiger partial charge on any atom is 0.258 e. The van der Waals surface area contributed by atoms with Gasteiger partial charge in [-0.2, -0.15) is 0 Å². The minimum Gasteiger partial charge on any atom is -0.352 e. The van der Waals surface area contributed by atoms with Crippen molar-refractivity contribution in [3.05, 3.63) is 39.4 Å². The highest BCUT2D eigenvalue weighted by Crippen LogP contribution is 2.19. The Balaban J connectivity index is 1.36. The fraction of sp³-hybridized carbons (Fsp3) is 0.526. The molecule has 1 saturated heterocycles. The molecule has 4 rings (SSSR count). The lowest BCUT2D eigenvalue weighted by Gasteiger charge is -2.37. The van der Waals surface area contributed by atoms with E-state index in [2.05, 4.69) is 25.1 Å². The van der Waals surface area contributed by atoms with Gasteiger partial charge < -0.3 is 10.3 Å². The van der Waals surface area contributed by atoms with Gasteiger partial charge >= 0.3 is 0 Å². The van der Waals surface area contributed by atoms with E-state index in [9.17, 15) is 9.59 Å². The minimum atomic E-state index is -0.165. The largest absolute Gasteiger partial charge is 0.352 e. The maximum atomic E-state index is 12.3. The Hall–Kier alpha value is -1.96. The van der Waals surface area contributed by atoms with Crippen LogP contribution >= 0.6 is 11.6 Å². The summed E-state index contributed by atoms with van der Waals surface area (Å²) in [6.07, 6.45) is 2.21. The summed E-state index contributed by atoms with van der Waals surface area (Å²) in [5.41, 5.74) is 0.490. The van der Waals surface area contributed by atoms with Crippen LogP contribution in [0.15, 0.2) is 23.0 Å². The van der Waals surface area contributed by atoms with Gasteiger partial charge in [0.2, 0.25) is 5.91 Å². The van der Waals surface area contributed by atoms with E-state index in [0.717, 1.165) is 39.0 Å². The summed E-state index contributed by atoms with van der Waals surface area (Å²) < 4.78 is 0. The first-order valence-corrected chi connectivity index (χ1v) is 9.82. The molecule has 2 aliphatic rings. The van der Waals surface area contributed by atoms with Crippen molar-refractivity contribution in [3.63, 3.8) is 0 Å². The van der Waals surface area contributed by atoms with Gasteiger partial charge in [0.05, 0.1) is 23.5 Å². The number of carbonyl (C=O) groups is 1. The van der Waals surface area contributed by atoms with Gasteiger partial charge in [-0.05, 0) is 38.0 Å². The number of hydrogen-bond donors (Lipinski definition) is 2. The summed E-state index contributed by atoms with van der Waals surface area (Å²) in [7, 11) is 0. The molecule has 1 atom stereocenters. The average Bonchev–Trinajstić information content (AvgIpc) is 3.46. The number of carbonyl (C=O) groups excluding carboxylic acids is 1. The number of H-pyrrole nitrogens is 1. The Morgan fingerprint density at radius 1 is 1.33 bits per heavy atom. The molecule has 7 nitrogen and oxygen atoms in total. The van der Waals surface area contributed by atoms with E-state index < -0.39 is 0 Å². The van der Waals surface area contributed by atoms with Crippen LogP contribution in [0.2, 0.25) is 5.02 Å². The lowest BCUT2D eigenvalue weighted by atomic mass is 10.2. The van der Waals surface area contributed by atoms with Crippen molar-refractivity contribution in [1.82, 2.24) is 25.1 Å². The van der Waals surface area contributed by atoms with Crippen molar-refractivity contribution >= 4 is 28.4 Å². The summed E-state index contributed by atoms with van der Waals surface area (Å²) in [4.78, 5) is 36.4. The van der Waals surface area contributed by atoms with Crippen molar-refractivity contribution in [2.75, 3.05) is 26.2 Å². The zero-order chi connectivity index (χ0) is 19.0. The van der Waals surface area contributed by atoms with Crippen LogP contribution < -0.4 is 10.9 Å². The number of nitrogens with one attached hydrogen (secondary N) is 2. The highest BCUT2D eigenvalue weighted by Gasteiger charge is 2.30. The number of aromatic amines is 1. The van der Waals surface area contributed by atoms with E-state index in [-0.39, 0.29) is 17.5 Å². The number of hydrogen-bond acceptors (Lipinski definition) is 5. The number of benzene rings is 1. The number of halogens is 1. The number of rotatable bonds is 5. The predicted octanol–water partition coefficient (Wildman–Crippen LogP) is 1.36.